The van der Waals surface area contributed by atoms with Gasteiger partial charge < -0.3 is 25.4 Å². The van der Waals surface area contributed by atoms with Gasteiger partial charge in [-0.3, -0.25) is 10.1 Å². The molecule has 1 aromatic carbocycles. The maximum Gasteiger partial charge on any atom is 0.269 e. The number of nitro groups is 1. The Bertz CT molecular complexity index is 509. The second-order valence-electron chi connectivity index (χ2n) is 4.70. The second kappa shape index (κ2) is 5.71. The van der Waals surface area contributed by atoms with Gasteiger partial charge >= 0.3 is 0 Å². The molecule has 1 fully saturated rings. The number of non-ortho nitro benzene ring substituents is 1. The van der Waals surface area contributed by atoms with Gasteiger partial charge in [-0.15, -0.1) is 0 Å². The Morgan fingerprint density at radius 2 is 2.05 bits per heavy atom. The summed E-state index contributed by atoms with van der Waals surface area (Å²) in [6.07, 6.45) is -4.64. The number of nitrogens with one attached hydrogen (secondary N) is 1. The average Bonchev–Trinajstić information content (AvgIpc) is 2.41. The van der Waals surface area contributed by atoms with E-state index < -0.39 is 29.5 Å². The highest BCUT2D eigenvalue weighted by Gasteiger charge is 2.37. The quantitative estimate of drug-likeness (QED) is 0.445. The Morgan fingerprint density at radius 3 is 2.65 bits per heavy atom. The molecule has 1 heterocycles. The largest absolute Gasteiger partial charge is 0.388 e. The van der Waals surface area contributed by atoms with Gasteiger partial charge in [0, 0.05) is 17.8 Å². The van der Waals surface area contributed by atoms with Crippen LogP contribution in [0.25, 0.3) is 0 Å². The van der Waals surface area contributed by atoms with Gasteiger partial charge in [0.15, 0.2) is 6.23 Å². The molecule has 0 aromatic heterocycles. The van der Waals surface area contributed by atoms with Crippen molar-refractivity contribution in [3.05, 3.63) is 33.9 Å². The molecule has 0 bridgehead atoms. The summed E-state index contributed by atoms with van der Waals surface area (Å²) in [5.41, 5.74) is 1.12. The number of nitro benzene ring substituents is 1. The third-order valence-electron chi connectivity index (χ3n) is 3.22. The first-order chi connectivity index (χ1) is 9.40. The Hall–Kier alpha value is -1.74. The first kappa shape index (κ1) is 14.7. The van der Waals surface area contributed by atoms with Crippen molar-refractivity contribution in [3.63, 3.8) is 0 Å². The van der Waals surface area contributed by atoms with Crippen molar-refractivity contribution in [2.75, 3.05) is 11.9 Å². The lowest BCUT2D eigenvalue weighted by molar-refractivity contribution is -0.384. The Balaban J connectivity index is 2.12. The van der Waals surface area contributed by atoms with E-state index in [0.717, 1.165) is 0 Å². The number of aliphatic hydroxyl groups excluding tert-OH is 3. The minimum atomic E-state index is -1.31. The lowest BCUT2D eigenvalue weighted by Crippen LogP contribution is -2.55. The molecular weight excluding hydrogens is 268 g/mol. The maximum atomic E-state index is 10.6. The lowest BCUT2D eigenvalue weighted by atomic mass is 10.0. The zero-order valence-electron chi connectivity index (χ0n) is 10.8. The first-order valence-corrected chi connectivity index (χ1v) is 6.07. The third-order valence-corrected chi connectivity index (χ3v) is 3.22. The SMILES string of the molecule is Cc1cc([N+](=O)[O-])ccc1N[C@@H]1OC[C@H](O)[C@@H](O)[C@@H]1O. The molecule has 0 amide bonds. The molecule has 0 saturated carbocycles. The van der Waals surface area contributed by atoms with Crippen LogP contribution in [0.4, 0.5) is 11.4 Å². The van der Waals surface area contributed by atoms with Crippen molar-refractivity contribution in [2.45, 2.75) is 31.5 Å². The normalized spacial score (nSPS) is 30.0. The van der Waals surface area contributed by atoms with Crippen LogP contribution in [-0.4, -0.2) is 51.4 Å². The van der Waals surface area contributed by atoms with E-state index in [4.69, 9.17) is 4.74 Å². The highest BCUT2D eigenvalue weighted by molar-refractivity contribution is 5.55. The molecule has 1 aliphatic heterocycles. The molecule has 0 unspecified atom stereocenters. The van der Waals surface area contributed by atoms with E-state index in [1.807, 2.05) is 0 Å². The number of ether oxygens (including phenoxy) is 1. The zero-order valence-corrected chi connectivity index (χ0v) is 10.8. The molecule has 1 aromatic rings. The number of aryl methyl sites for hydroxylation is 1. The minimum absolute atomic E-state index is 0.0337. The topological polar surface area (TPSA) is 125 Å². The predicted octanol–water partition coefficient (Wildman–Crippen LogP) is -0.246. The van der Waals surface area contributed by atoms with Crippen LogP contribution in [0.3, 0.4) is 0 Å². The molecule has 0 aliphatic carbocycles. The van der Waals surface area contributed by atoms with Crippen LogP contribution in [0.5, 0.6) is 0 Å². The highest BCUT2D eigenvalue weighted by atomic mass is 16.6. The molecule has 110 valence electrons. The van der Waals surface area contributed by atoms with Crippen molar-refractivity contribution < 1.29 is 25.0 Å². The summed E-state index contributed by atoms with van der Waals surface area (Å²) in [4.78, 5) is 10.1. The Labute approximate surface area is 114 Å². The smallest absolute Gasteiger partial charge is 0.269 e. The van der Waals surface area contributed by atoms with Crippen LogP contribution in [0.15, 0.2) is 18.2 Å². The average molecular weight is 284 g/mol. The Kier molecular flexibility index (Phi) is 4.19. The van der Waals surface area contributed by atoms with Crippen LogP contribution < -0.4 is 5.32 Å². The van der Waals surface area contributed by atoms with Crippen LogP contribution in [0.2, 0.25) is 0 Å². The fourth-order valence-electron chi connectivity index (χ4n) is 2.01. The summed E-state index contributed by atoms with van der Waals surface area (Å²) < 4.78 is 5.20. The van der Waals surface area contributed by atoms with Crippen molar-refractivity contribution in [3.8, 4) is 0 Å². The van der Waals surface area contributed by atoms with Crippen LogP contribution in [0.1, 0.15) is 5.56 Å². The number of rotatable bonds is 3. The maximum absolute atomic E-state index is 10.6. The van der Waals surface area contributed by atoms with Crippen molar-refractivity contribution in [1.82, 2.24) is 0 Å². The minimum Gasteiger partial charge on any atom is -0.388 e. The fourth-order valence-corrected chi connectivity index (χ4v) is 2.01. The second-order valence-corrected chi connectivity index (χ2v) is 4.70. The third kappa shape index (κ3) is 2.88. The fraction of sp³-hybridized carbons (Fsp3) is 0.500. The summed E-state index contributed by atoms with van der Waals surface area (Å²) in [5, 5.41) is 42.2. The molecular formula is C12H16N2O6. The standard InChI is InChI=1S/C12H16N2O6/c1-6-4-7(14(18)19)2-3-8(6)13-12-11(17)10(16)9(15)5-20-12/h2-4,9-13,15-17H,5H2,1H3/t9-,10+,11-,12+/m0/s1. The zero-order chi connectivity index (χ0) is 14.9. The number of anilines is 1. The number of nitrogens with zero attached hydrogens (tertiary/aromatic N) is 1. The molecule has 8 heteroatoms. The number of benzene rings is 1. The summed E-state index contributed by atoms with van der Waals surface area (Å²) in [6, 6.07) is 4.22. The van der Waals surface area contributed by atoms with Crippen molar-refractivity contribution in [1.29, 1.82) is 0 Å². The predicted molar refractivity (Wildman–Crippen MR) is 69.2 cm³/mol. The molecule has 2 rings (SSSR count). The molecule has 4 N–H and O–H groups in total. The van der Waals surface area contributed by atoms with E-state index in [1.165, 1.54) is 18.2 Å². The number of hydrogen-bond donors (Lipinski definition) is 4. The van der Waals surface area contributed by atoms with E-state index in [-0.39, 0.29) is 12.3 Å². The first-order valence-electron chi connectivity index (χ1n) is 6.07. The van der Waals surface area contributed by atoms with Gasteiger partial charge in [-0.25, -0.2) is 0 Å². The highest BCUT2D eigenvalue weighted by Crippen LogP contribution is 2.24. The van der Waals surface area contributed by atoms with Gasteiger partial charge in [0.1, 0.15) is 18.3 Å². The van der Waals surface area contributed by atoms with E-state index >= 15 is 0 Å². The van der Waals surface area contributed by atoms with Gasteiger partial charge in [-0.05, 0) is 18.6 Å². The van der Waals surface area contributed by atoms with Gasteiger partial charge in [0.25, 0.3) is 5.69 Å². The lowest BCUT2D eigenvalue weighted by Gasteiger charge is -2.36. The molecule has 1 saturated heterocycles. The van der Waals surface area contributed by atoms with Gasteiger partial charge in [-0.2, -0.15) is 0 Å². The molecule has 0 radical (unpaired) electrons. The molecule has 8 nitrogen and oxygen atoms in total. The van der Waals surface area contributed by atoms with Crippen LogP contribution in [0, 0.1) is 17.0 Å². The molecule has 20 heavy (non-hydrogen) atoms. The summed E-state index contributed by atoms with van der Waals surface area (Å²) in [6.45, 7) is 1.57. The summed E-state index contributed by atoms with van der Waals surface area (Å²) >= 11 is 0. The number of aliphatic hydroxyl groups is 3. The van der Waals surface area contributed by atoms with Crippen molar-refractivity contribution >= 4 is 11.4 Å². The van der Waals surface area contributed by atoms with Crippen LogP contribution >= 0.6 is 0 Å². The summed E-state index contributed by atoms with van der Waals surface area (Å²) in [5.74, 6) is 0. The van der Waals surface area contributed by atoms with E-state index in [0.29, 0.717) is 11.3 Å². The molecule has 0 spiro atoms. The summed E-state index contributed by atoms with van der Waals surface area (Å²) in [7, 11) is 0. The molecule has 4 atom stereocenters. The van der Waals surface area contributed by atoms with Gasteiger partial charge in [-0.1, -0.05) is 0 Å². The van der Waals surface area contributed by atoms with Gasteiger partial charge in [0.05, 0.1) is 11.5 Å². The van der Waals surface area contributed by atoms with Gasteiger partial charge in [0.2, 0.25) is 0 Å². The van der Waals surface area contributed by atoms with E-state index in [9.17, 15) is 25.4 Å². The monoisotopic (exact) mass is 284 g/mol. The van der Waals surface area contributed by atoms with Crippen LogP contribution in [-0.2, 0) is 4.74 Å². The number of hydrogen-bond acceptors (Lipinski definition) is 7. The van der Waals surface area contributed by atoms with E-state index in [2.05, 4.69) is 5.32 Å². The van der Waals surface area contributed by atoms with E-state index in [1.54, 1.807) is 6.92 Å². The molecule has 1 aliphatic rings. The van der Waals surface area contributed by atoms with Crippen molar-refractivity contribution in [2.24, 2.45) is 0 Å². The Morgan fingerprint density at radius 1 is 1.35 bits per heavy atom.